The Morgan fingerprint density at radius 2 is 2.00 bits per heavy atom. The van der Waals surface area contributed by atoms with Crippen molar-refractivity contribution in [1.82, 2.24) is 24.3 Å². The van der Waals surface area contributed by atoms with Crippen LogP contribution in [0.5, 0.6) is 0 Å². The van der Waals surface area contributed by atoms with Gasteiger partial charge in [-0.15, -0.1) is 0 Å². The van der Waals surface area contributed by atoms with Crippen molar-refractivity contribution in [2.24, 2.45) is 0 Å². The van der Waals surface area contributed by atoms with Crippen molar-refractivity contribution >= 4 is 5.52 Å². The van der Waals surface area contributed by atoms with E-state index in [1.165, 1.54) is 5.52 Å². The van der Waals surface area contributed by atoms with Crippen LogP contribution in [0.3, 0.4) is 0 Å². The Morgan fingerprint density at radius 1 is 1.20 bits per heavy atom. The van der Waals surface area contributed by atoms with E-state index >= 15 is 0 Å². The predicted octanol–water partition coefficient (Wildman–Crippen LogP) is 2.41. The van der Waals surface area contributed by atoms with E-state index in [0.717, 1.165) is 49.7 Å². The van der Waals surface area contributed by atoms with Crippen molar-refractivity contribution in [3.8, 4) is 0 Å². The maximum atomic E-state index is 11.7. The molecule has 4 rings (SSSR count). The number of rotatable bonds is 3. The van der Waals surface area contributed by atoms with Crippen LogP contribution >= 0.6 is 0 Å². The van der Waals surface area contributed by atoms with Gasteiger partial charge in [-0.1, -0.05) is 6.07 Å². The number of nitrogens with one attached hydrogen (secondary N) is 1. The molecule has 6 nitrogen and oxygen atoms in total. The lowest BCUT2D eigenvalue weighted by Gasteiger charge is -2.31. The molecule has 3 aromatic heterocycles. The molecule has 0 unspecified atom stereocenters. The van der Waals surface area contributed by atoms with E-state index in [1.807, 2.05) is 19.9 Å². The number of nitrogens with zero attached hydrogens (tertiary/aromatic N) is 4. The van der Waals surface area contributed by atoms with Gasteiger partial charge in [-0.05, 0) is 51.9 Å². The second kappa shape index (κ2) is 6.44. The first-order chi connectivity index (χ1) is 12.1. The number of fused-ring (bicyclic) bond motifs is 1. The van der Waals surface area contributed by atoms with E-state index < -0.39 is 0 Å². The second-order valence-corrected chi connectivity index (χ2v) is 6.87. The molecule has 1 N–H and O–H groups in total. The maximum Gasteiger partial charge on any atom is 0.251 e. The lowest BCUT2D eigenvalue weighted by molar-refractivity contribution is 0.202. The molecule has 1 aliphatic rings. The number of aromatic amines is 1. The van der Waals surface area contributed by atoms with Crippen molar-refractivity contribution in [1.29, 1.82) is 0 Å². The van der Waals surface area contributed by atoms with Gasteiger partial charge < -0.3 is 9.38 Å². The van der Waals surface area contributed by atoms with Crippen LogP contribution in [-0.2, 0) is 6.54 Å². The smallest absolute Gasteiger partial charge is 0.251 e. The van der Waals surface area contributed by atoms with Crippen LogP contribution in [0.2, 0.25) is 0 Å². The SMILES string of the molecule is Cc1nc(C2CCN(Cc3nc(C)n4ccccc34)CC2)cc(=O)[nH]1. The number of aromatic nitrogens is 4. The average Bonchev–Trinajstić information content (AvgIpc) is 2.91. The summed E-state index contributed by atoms with van der Waals surface area (Å²) in [6.07, 6.45) is 4.12. The molecule has 25 heavy (non-hydrogen) atoms. The number of imidazole rings is 1. The van der Waals surface area contributed by atoms with Crippen molar-refractivity contribution in [2.75, 3.05) is 13.1 Å². The van der Waals surface area contributed by atoms with Gasteiger partial charge in [0.1, 0.15) is 11.6 Å². The van der Waals surface area contributed by atoms with Gasteiger partial charge in [0, 0.05) is 24.7 Å². The van der Waals surface area contributed by atoms with Crippen LogP contribution in [0.1, 0.15) is 41.8 Å². The molecule has 0 atom stereocenters. The molecule has 130 valence electrons. The first kappa shape index (κ1) is 16.0. The fraction of sp³-hybridized carbons (Fsp3) is 0.421. The molecule has 1 saturated heterocycles. The molecule has 3 aromatic rings. The van der Waals surface area contributed by atoms with Crippen LogP contribution < -0.4 is 5.56 Å². The Morgan fingerprint density at radius 3 is 2.76 bits per heavy atom. The van der Waals surface area contributed by atoms with Crippen molar-refractivity contribution in [3.63, 3.8) is 0 Å². The first-order valence-electron chi connectivity index (χ1n) is 8.83. The summed E-state index contributed by atoms with van der Waals surface area (Å²) >= 11 is 0. The quantitative estimate of drug-likeness (QED) is 0.797. The van der Waals surface area contributed by atoms with Crippen LogP contribution in [-0.4, -0.2) is 37.3 Å². The number of aryl methyl sites for hydroxylation is 2. The van der Waals surface area contributed by atoms with Crippen LogP contribution in [0.4, 0.5) is 0 Å². The van der Waals surface area contributed by atoms with Crippen molar-refractivity contribution < 1.29 is 0 Å². The number of pyridine rings is 1. The highest BCUT2D eigenvalue weighted by Crippen LogP contribution is 2.27. The maximum absolute atomic E-state index is 11.7. The topological polar surface area (TPSA) is 66.3 Å². The molecule has 0 bridgehead atoms. The summed E-state index contributed by atoms with van der Waals surface area (Å²) in [6.45, 7) is 6.76. The molecule has 4 heterocycles. The highest BCUT2D eigenvalue weighted by Gasteiger charge is 2.23. The normalized spacial score (nSPS) is 16.6. The molecule has 6 heteroatoms. The lowest BCUT2D eigenvalue weighted by Crippen LogP contribution is -2.33. The van der Waals surface area contributed by atoms with Crippen LogP contribution in [0, 0.1) is 13.8 Å². The summed E-state index contributed by atoms with van der Waals surface area (Å²) < 4.78 is 2.14. The largest absolute Gasteiger partial charge is 0.311 e. The molecule has 0 aliphatic carbocycles. The molecule has 1 fully saturated rings. The van der Waals surface area contributed by atoms with Gasteiger partial charge in [-0.2, -0.15) is 0 Å². The summed E-state index contributed by atoms with van der Waals surface area (Å²) in [7, 11) is 0. The molecular weight excluding hydrogens is 314 g/mol. The highest BCUT2D eigenvalue weighted by molar-refractivity contribution is 5.53. The van der Waals surface area contributed by atoms with Gasteiger partial charge >= 0.3 is 0 Å². The van der Waals surface area contributed by atoms with E-state index in [4.69, 9.17) is 4.98 Å². The third-order valence-electron chi connectivity index (χ3n) is 5.06. The standard InChI is InChI=1S/C19H23N5O/c1-13-20-16(11-19(25)21-13)15-6-9-23(10-7-15)12-17-18-5-3-4-8-24(18)14(2)22-17/h3-5,8,11,15H,6-7,9-10,12H2,1-2H3,(H,20,21,25). The monoisotopic (exact) mass is 337 g/mol. The zero-order valence-electron chi connectivity index (χ0n) is 14.7. The third kappa shape index (κ3) is 3.22. The molecule has 0 saturated carbocycles. The number of likely N-dealkylation sites (tertiary alicyclic amines) is 1. The van der Waals surface area contributed by atoms with Gasteiger partial charge in [0.2, 0.25) is 0 Å². The summed E-state index contributed by atoms with van der Waals surface area (Å²) in [5, 5.41) is 0. The van der Waals surface area contributed by atoms with E-state index in [2.05, 4.69) is 37.6 Å². The zero-order chi connectivity index (χ0) is 17.4. The van der Waals surface area contributed by atoms with Crippen LogP contribution in [0.15, 0.2) is 35.3 Å². The molecule has 0 radical (unpaired) electrons. The Balaban J connectivity index is 1.46. The van der Waals surface area contributed by atoms with Gasteiger partial charge in [-0.3, -0.25) is 9.69 Å². The predicted molar refractivity (Wildman–Crippen MR) is 96.8 cm³/mol. The van der Waals surface area contributed by atoms with Gasteiger partial charge in [0.05, 0.1) is 16.9 Å². The van der Waals surface area contributed by atoms with Gasteiger partial charge in [0.25, 0.3) is 5.56 Å². The van der Waals surface area contributed by atoms with Crippen molar-refractivity contribution in [3.05, 3.63) is 63.9 Å². The molecule has 0 amide bonds. The molecule has 0 aromatic carbocycles. The van der Waals surface area contributed by atoms with Crippen molar-refractivity contribution in [2.45, 2.75) is 39.2 Å². The minimum atomic E-state index is -0.0510. The summed E-state index contributed by atoms with van der Waals surface area (Å²) in [5.74, 6) is 2.10. The number of piperidine rings is 1. The minimum Gasteiger partial charge on any atom is -0.311 e. The van der Waals surface area contributed by atoms with E-state index in [9.17, 15) is 4.79 Å². The summed E-state index contributed by atoms with van der Waals surface area (Å²) in [5.41, 5.74) is 3.21. The zero-order valence-corrected chi connectivity index (χ0v) is 14.7. The summed E-state index contributed by atoms with van der Waals surface area (Å²) in [6, 6.07) is 7.88. The number of H-pyrrole nitrogens is 1. The first-order valence-corrected chi connectivity index (χ1v) is 8.83. The van der Waals surface area contributed by atoms with E-state index in [0.29, 0.717) is 11.7 Å². The lowest BCUT2D eigenvalue weighted by atomic mass is 9.93. The third-order valence-corrected chi connectivity index (χ3v) is 5.06. The van der Waals surface area contributed by atoms with E-state index in [1.54, 1.807) is 6.07 Å². The van der Waals surface area contributed by atoms with Gasteiger partial charge in [0.15, 0.2) is 0 Å². The Labute approximate surface area is 146 Å². The molecule has 1 aliphatic heterocycles. The fourth-order valence-corrected chi connectivity index (χ4v) is 3.79. The minimum absolute atomic E-state index is 0.0510. The van der Waals surface area contributed by atoms with E-state index in [-0.39, 0.29) is 5.56 Å². The van der Waals surface area contributed by atoms with Gasteiger partial charge in [-0.25, -0.2) is 9.97 Å². The number of hydrogen-bond acceptors (Lipinski definition) is 4. The Hall–Kier alpha value is -2.47. The number of hydrogen-bond donors (Lipinski definition) is 1. The second-order valence-electron chi connectivity index (χ2n) is 6.87. The fourth-order valence-electron chi connectivity index (χ4n) is 3.79. The molecular formula is C19H23N5O. The average molecular weight is 337 g/mol. The highest BCUT2D eigenvalue weighted by atomic mass is 16.1. The van der Waals surface area contributed by atoms with Crippen LogP contribution in [0.25, 0.3) is 5.52 Å². The molecule has 0 spiro atoms. The Kier molecular flexibility index (Phi) is 4.13. The Bertz CT molecular complexity index is 950. The summed E-state index contributed by atoms with van der Waals surface area (Å²) in [4.78, 5) is 26.1.